The molecule has 0 amide bonds. The number of hydrogen-bond donors (Lipinski definition) is 1. The van der Waals surface area contributed by atoms with Crippen LogP contribution in [0.25, 0.3) is 0 Å². The fourth-order valence-electron chi connectivity index (χ4n) is 1.86. The Kier molecular flexibility index (Phi) is 4.07. The number of anilines is 1. The molecule has 1 aromatic heterocycles. The van der Waals surface area contributed by atoms with Crippen molar-refractivity contribution >= 4 is 11.8 Å². The highest BCUT2D eigenvalue weighted by Gasteiger charge is 2.10. The Morgan fingerprint density at radius 3 is 2.79 bits per heavy atom. The van der Waals surface area contributed by atoms with E-state index in [1.165, 1.54) is 6.33 Å². The Bertz CT molecular complexity index is 558. The molecule has 0 aliphatic carbocycles. The average Bonchev–Trinajstić information content (AvgIpc) is 2.46. The van der Waals surface area contributed by atoms with Crippen LogP contribution in [0.1, 0.15) is 15.9 Å². The van der Waals surface area contributed by atoms with Gasteiger partial charge in [0.25, 0.3) is 0 Å². The Labute approximate surface area is 111 Å². The van der Waals surface area contributed by atoms with Crippen molar-refractivity contribution in [1.29, 1.82) is 0 Å². The van der Waals surface area contributed by atoms with Gasteiger partial charge in [-0.3, -0.25) is 0 Å². The molecule has 19 heavy (non-hydrogen) atoms. The van der Waals surface area contributed by atoms with Crippen LogP contribution >= 0.6 is 0 Å². The van der Waals surface area contributed by atoms with Gasteiger partial charge in [0, 0.05) is 19.8 Å². The Balaban J connectivity index is 2.05. The molecule has 2 rings (SSSR count). The summed E-state index contributed by atoms with van der Waals surface area (Å²) in [6, 6.07) is 8.89. The van der Waals surface area contributed by atoms with Crippen LogP contribution in [0.15, 0.2) is 42.9 Å². The van der Waals surface area contributed by atoms with Crippen molar-refractivity contribution in [1.82, 2.24) is 9.97 Å². The van der Waals surface area contributed by atoms with Gasteiger partial charge in [-0.1, -0.05) is 18.2 Å². The van der Waals surface area contributed by atoms with Gasteiger partial charge in [0.15, 0.2) is 0 Å². The first-order valence-corrected chi connectivity index (χ1v) is 5.97. The number of aromatic nitrogens is 2. The lowest BCUT2D eigenvalue weighted by Gasteiger charge is -2.18. The van der Waals surface area contributed by atoms with E-state index in [0.717, 1.165) is 11.4 Å². The quantitative estimate of drug-likeness (QED) is 0.885. The fraction of sp³-hybridized carbons (Fsp3) is 0.214. The van der Waals surface area contributed by atoms with E-state index in [2.05, 4.69) is 9.97 Å². The molecule has 1 aromatic carbocycles. The highest BCUT2D eigenvalue weighted by molar-refractivity contribution is 5.89. The summed E-state index contributed by atoms with van der Waals surface area (Å²) >= 11 is 0. The minimum atomic E-state index is -0.889. The number of likely N-dealkylation sites (N-methyl/N-ethyl adjacent to an activating group) is 1. The second-order valence-electron chi connectivity index (χ2n) is 4.20. The number of nitrogens with zero attached hydrogens (tertiary/aromatic N) is 3. The van der Waals surface area contributed by atoms with Crippen LogP contribution in [0, 0.1) is 0 Å². The molecule has 5 heteroatoms. The maximum Gasteiger partial charge on any atom is 0.335 e. The van der Waals surface area contributed by atoms with Crippen LogP contribution in [0.4, 0.5) is 5.82 Å². The smallest absolute Gasteiger partial charge is 0.335 e. The first-order chi connectivity index (χ1) is 9.18. The predicted molar refractivity (Wildman–Crippen MR) is 72.4 cm³/mol. The molecule has 0 fully saturated rings. The van der Waals surface area contributed by atoms with Gasteiger partial charge in [0.05, 0.1) is 5.56 Å². The summed E-state index contributed by atoms with van der Waals surface area (Å²) in [6.07, 6.45) is 3.84. The monoisotopic (exact) mass is 257 g/mol. The Hall–Kier alpha value is -2.43. The van der Waals surface area contributed by atoms with Gasteiger partial charge in [-0.05, 0) is 24.1 Å². The molecule has 0 saturated carbocycles. The molecule has 5 nitrogen and oxygen atoms in total. The van der Waals surface area contributed by atoms with Gasteiger partial charge in [-0.25, -0.2) is 14.8 Å². The molecule has 0 aliphatic rings. The minimum absolute atomic E-state index is 0.360. The molecule has 1 N–H and O–H groups in total. The van der Waals surface area contributed by atoms with Gasteiger partial charge in [0.1, 0.15) is 12.1 Å². The molecule has 0 unspecified atom stereocenters. The number of carboxylic acids is 1. The molecule has 1 heterocycles. The van der Waals surface area contributed by atoms with Crippen molar-refractivity contribution in [3.8, 4) is 0 Å². The standard InChI is InChI=1S/C14H15N3O2/c1-17(13-6-8-15-10-16-13)9-7-11-4-2-3-5-12(11)14(18)19/h2-6,8,10H,7,9H2,1H3,(H,18,19). The normalized spacial score (nSPS) is 10.2. The summed E-state index contributed by atoms with van der Waals surface area (Å²) in [7, 11) is 1.92. The van der Waals surface area contributed by atoms with Crippen molar-refractivity contribution in [2.75, 3.05) is 18.5 Å². The fourth-order valence-corrected chi connectivity index (χ4v) is 1.86. The number of carbonyl (C=O) groups is 1. The van der Waals surface area contributed by atoms with E-state index in [1.807, 2.05) is 30.1 Å². The third kappa shape index (κ3) is 3.28. The lowest BCUT2D eigenvalue weighted by molar-refractivity contribution is 0.0695. The lowest BCUT2D eigenvalue weighted by Crippen LogP contribution is -2.22. The molecule has 0 bridgehead atoms. The van der Waals surface area contributed by atoms with Gasteiger partial charge < -0.3 is 10.0 Å². The van der Waals surface area contributed by atoms with Crippen molar-refractivity contribution in [3.63, 3.8) is 0 Å². The zero-order valence-corrected chi connectivity index (χ0v) is 10.7. The van der Waals surface area contributed by atoms with Crippen LogP contribution in [0.3, 0.4) is 0 Å². The maximum atomic E-state index is 11.1. The van der Waals surface area contributed by atoms with E-state index in [-0.39, 0.29) is 0 Å². The molecule has 0 aliphatic heterocycles. The van der Waals surface area contributed by atoms with E-state index in [9.17, 15) is 4.79 Å². The Morgan fingerprint density at radius 1 is 1.32 bits per heavy atom. The third-order valence-electron chi connectivity index (χ3n) is 2.92. The molecule has 0 spiro atoms. The summed E-state index contributed by atoms with van der Waals surface area (Å²) in [5.41, 5.74) is 1.19. The molecule has 0 atom stereocenters. The van der Waals surface area contributed by atoms with Crippen LogP contribution < -0.4 is 4.90 Å². The zero-order chi connectivity index (χ0) is 13.7. The molecule has 2 aromatic rings. The largest absolute Gasteiger partial charge is 0.478 e. The van der Waals surface area contributed by atoms with E-state index in [0.29, 0.717) is 18.5 Å². The van der Waals surface area contributed by atoms with E-state index < -0.39 is 5.97 Å². The van der Waals surface area contributed by atoms with Gasteiger partial charge in [0.2, 0.25) is 0 Å². The van der Waals surface area contributed by atoms with E-state index >= 15 is 0 Å². The maximum absolute atomic E-state index is 11.1. The highest BCUT2D eigenvalue weighted by atomic mass is 16.4. The lowest BCUT2D eigenvalue weighted by atomic mass is 10.0. The highest BCUT2D eigenvalue weighted by Crippen LogP contribution is 2.12. The third-order valence-corrected chi connectivity index (χ3v) is 2.92. The molecular formula is C14H15N3O2. The number of rotatable bonds is 5. The molecule has 98 valence electrons. The van der Waals surface area contributed by atoms with Crippen LogP contribution in [0.2, 0.25) is 0 Å². The van der Waals surface area contributed by atoms with Gasteiger partial charge >= 0.3 is 5.97 Å². The number of aromatic carboxylic acids is 1. The molecule has 0 radical (unpaired) electrons. The first-order valence-electron chi connectivity index (χ1n) is 5.97. The number of benzene rings is 1. The predicted octanol–water partition coefficient (Wildman–Crippen LogP) is 1.85. The first kappa shape index (κ1) is 13.0. The van der Waals surface area contributed by atoms with Gasteiger partial charge in [-0.2, -0.15) is 0 Å². The summed E-state index contributed by atoms with van der Waals surface area (Å²) in [6.45, 7) is 0.696. The van der Waals surface area contributed by atoms with Gasteiger partial charge in [-0.15, -0.1) is 0 Å². The second kappa shape index (κ2) is 5.95. The van der Waals surface area contributed by atoms with E-state index in [4.69, 9.17) is 5.11 Å². The molecular weight excluding hydrogens is 242 g/mol. The summed E-state index contributed by atoms with van der Waals surface area (Å²) in [5.74, 6) is -0.0666. The Morgan fingerprint density at radius 2 is 2.11 bits per heavy atom. The summed E-state index contributed by atoms with van der Waals surface area (Å²) in [4.78, 5) is 21.1. The minimum Gasteiger partial charge on any atom is -0.478 e. The van der Waals surface area contributed by atoms with E-state index in [1.54, 1.807) is 18.3 Å². The number of hydrogen-bond acceptors (Lipinski definition) is 4. The average molecular weight is 257 g/mol. The van der Waals surface area contributed by atoms with Crippen LogP contribution in [0.5, 0.6) is 0 Å². The second-order valence-corrected chi connectivity index (χ2v) is 4.20. The topological polar surface area (TPSA) is 66.3 Å². The van der Waals surface area contributed by atoms with Crippen LogP contribution in [-0.2, 0) is 6.42 Å². The van der Waals surface area contributed by atoms with Crippen molar-refractivity contribution in [3.05, 3.63) is 54.0 Å². The van der Waals surface area contributed by atoms with Crippen molar-refractivity contribution < 1.29 is 9.90 Å². The van der Waals surface area contributed by atoms with Crippen molar-refractivity contribution in [2.24, 2.45) is 0 Å². The van der Waals surface area contributed by atoms with Crippen molar-refractivity contribution in [2.45, 2.75) is 6.42 Å². The number of carboxylic acid groups (broad SMARTS) is 1. The summed E-state index contributed by atoms with van der Waals surface area (Å²) < 4.78 is 0. The summed E-state index contributed by atoms with van der Waals surface area (Å²) in [5, 5.41) is 9.11. The molecule has 0 saturated heterocycles. The SMILES string of the molecule is CN(CCc1ccccc1C(=O)O)c1ccncn1. The zero-order valence-electron chi connectivity index (χ0n) is 10.7. The van der Waals surface area contributed by atoms with Crippen LogP contribution in [-0.4, -0.2) is 34.6 Å².